The Morgan fingerprint density at radius 1 is 1.54 bits per heavy atom. The Hall–Kier alpha value is -1.66. The molecule has 136 valence electrons. The van der Waals surface area contributed by atoms with Gasteiger partial charge in [0.15, 0.2) is 0 Å². The smallest absolute Gasteiger partial charge is 0.320 e. The second-order valence-electron chi connectivity index (χ2n) is 6.30. The topological polar surface area (TPSA) is 87.7 Å². The zero-order valence-electron chi connectivity index (χ0n) is 15.0. The first-order valence-electron chi connectivity index (χ1n) is 8.42. The van der Waals surface area contributed by atoms with E-state index in [2.05, 4.69) is 17.2 Å². The maximum atomic E-state index is 11.8. The summed E-state index contributed by atoms with van der Waals surface area (Å²) in [7, 11) is 1.60. The molecular formula is C18H30N2O4. The zero-order chi connectivity index (χ0) is 18.3. The molecule has 1 aliphatic rings. The van der Waals surface area contributed by atoms with E-state index in [1.165, 1.54) is 6.92 Å². The fourth-order valence-electron chi connectivity index (χ4n) is 3.63. The molecule has 0 unspecified atom stereocenters. The van der Waals surface area contributed by atoms with Crippen LogP contribution in [0.15, 0.2) is 24.8 Å². The largest absolute Gasteiger partial charge is 0.480 e. The molecule has 0 spiro atoms. The third-order valence-corrected chi connectivity index (χ3v) is 4.71. The van der Waals surface area contributed by atoms with Crippen molar-refractivity contribution in [2.45, 2.75) is 63.8 Å². The molecule has 0 radical (unpaired) electrons. The predicted octanol–water partition coefficient (Wildman–Crippen LogP) is 1.87. The minimum Gasteiger partial charge on any atom is -0.480 e. The van der Waals surface area contributed by atoms with E-state index in [0.717, 1.165) is 6.42 Å². The number of aliphatic carboxylic acids is 1. The van der Waals surface area contributed by atoms with Gasteiger partial charge >= 0.3 is 5.97 Å². The number of carbonyl (C=O) groups is 2. The summed E-state index contributed by atoms with van der Waals surface area (Å²) in [6.45, 7) is 9.30. The van der Waals surface area contributed by atoms with E-state index in [0.29, 0.717) is 12.8 Å². The lowest BCUT2D eigenvalue weighted by atomic mass is 9.80. The first-order valence-corrected chi connectivity index (χ1v) is 8.42. The van der Waals surface area contributed by atoms with Crippen LogP contribution in [-0.2, 0) is 14.3 Å². The van der Waals surface area contributed by atoms with Crippen LogP contribution in [0.25, 0.3) is 0 Å². The maximum absolute atomic E-state index is 11.8. The molecule has 1 aliphatic heterocycles. The monoisotopic (exact) mass is 338 g/mol. The number of allylic oxidation sites excluding steroid dienone is 1. The predicted molar refractivity (Wildman–Crippen MR) is 93.7 cm³/mol. The van der Waals surface area contributed by atoms with Crippen molar-refractivity contribution in [3.8, 4) is 0 Å². The molecule has 0 aromatic rings. The molecule has 0 aliphatic carbocycles. The molecule has 1 fully saturated rings. The van der Waals surface area contributed by atoms with Gasteiger partial charge in [0, 0.05) is 20.1 Å². The van der Waals surface area contributed by atoms with Gasteiger partial charge in [0.05, 0.1) is 6.04 Å². The van der Waals surface area contributed by atoms with Crippen molar-refractivity contribution < 1.29 is 19.4 Å². The number of methoxy groups -OCH3 is 1. The van der Waals surface area contributed by atoms with E-state index in [1.807, 2.05) is 26.0 Å². The molecule has 1 heterocycles. The van der Waals surface area contributed by atoms with Gasteiger partial charge in [-0.3, -0.25) is 14.9 Å². The van der Waals surface area contributed by atoms with Gasteiger partial charge in [-0.2, -0.15) is 0 Å². The number of carboxylic acids is 1. The summed E-state index contributed by atoms with van der Waals surface area (Å²) in [6, 6.07) is -1.31. The van der Waals surface area contributed by atoms with E-state index in [9.17, 15) is 14.7 Å². The summed E-state index contributed by atoms with van der Waals surface area (Å²) in [5.41, 5.74) is -0.759. The number of carboxylic acid groups (broad SMARTS) is 1. The summed E-state index contributed by atoms with van der Waals surface area (Å²) < 4.78 is 5.78. The Bertz CT molecular complexity index is 491. The van der Waals surface area contributed by atoms with Gasteiger partial charge in [0.1, 0.15) is 11.6 Å². The van der Waals surface area contributed by atoms with Gasteiger partial charge in [-0.05, 0) is 25.7 Å². The van der Waals surface area contributed by atoms with Crippen molar-refractivity contribution in [2.75, 3.05) is 7.11 Å². The molecule has 24 heavy (non-hydrogen) atoms. The molecule has 5 atom stereocenters. The summed E-state index contributed by atoms with van der Waals surface area (Å²) in [6.07, 6.45) is 7.63. The lowest BCUT2D eigenvalue weighted by Crippen LogP contribution is -2.62. The summed E-state index contributed by atoms with van der Waals surface area (Å²) in [4.78, 5) is 23.2. The van der Waals surface area contributed by atoms with Crippen LogP contribution in [0, 0.1) is 5.92 Å². The lowest BCUT2D eigenvalue weighted by molar-refractivity contribution is -0.139. The van der Waals surface area contributed by atoms with Crippen LogP contribution >= 0.6 is 0 Å². The van der Waals surface area contributed by atoms with Crippen LogP contribution in [0.4, 0.5) is 0 Å². The zero-order valence-corrected chi connectivity index (χ0v) is 15.0. The molecule has 0 saturated carbocycles. The second kappa shape index (κ2) is 8.99. The number of hydrogen-bond donors (Lipinski definition) is 3. The Morgan fingerprint density at radius 3 is 2.62 bits per heavy atom. The second-order valence-corrected chi connectivity index (χ2v) is 6.30. The van der Waals surface area contributed by atoms with Crippen molar-refractivity contribution in [3.05, 3.63) is 24.8 Å². The van der Waals surface area contributed by atoms with Crippen LogP contribution in [0.1, 0.15) is 40.0 Å². The molecule has 1 amide bonds. The number of carbonyl (C=O) groups excluding carboxylic acids is 1. The molecule has 0 bridgehead atoms. The van der Waals surface area contributed by atoms with Gasteiger partial charge in [-0.25, -0.2) is 0 Å². The van der Waals surface area contributed by atoms with Crippen molar-refractivity contribution in [3.63, 3.8) is 0 Å². The van der Waals surface area contributed by atoms with Gasteiger partial charge in [-0.15, -0.1) is 6.58 Å². The Kier molecular flexibility index (Phi) is 7.63. The normalized spacial score (nSPS) is 27.6. The van der Waals surface area contributed by atoms with Crippen LogP contribution < -0.4 is 10.6 Å². The molecule has 0 aromatic heterocycles. The molecule has 0 aromatic carbocycles. The summed E-state index contributed by atoms with van der Waals surface area (Å²) in [5.74, 6) is -1.08. The van der Waals surface area contributed by atoms with E-state index in [1.54, 1.807) is 13.2 Å². The van der Waals surface area contributed by atoms with E-state index < -0.39 is 23.7 Å². The first-order chi connectivity index (χ1) is 11.3. The third-order valence-electron chi connectivity index (χ3n) is 4.71. The van der Waals surface area contributed by atoms with Crippen LogP contribution in [-0.4, -0.2) is 47.8 Å². The highest BCUT2D eigenvalue weighted by Crippen LogP contribution is 2.33. The Morgan fingerprint density at radius 2 is 2.21 bits per heavy atom. The van der Waals surface area contributed by atoms with Gasteiger partial charge < -0.3 is 15.2 Å². The molecule has 1 saturated heterocycles. The van der Waals surface area contributed by atoms with Crippen LogP contribution in [0.5, 0.6) is 0 Å². The minimum absolute atomic E-state index is 0.0146. The number of amides is 1. The van der Waals surface area contributed by atoms with Crippen molar-refractivity contribution >= 4 is 11.9 Å². The van der Waals surface area contributed by atoms with Gasteiger partial charge in [0.25, 0.3) is 0 Å². The molecule has 3 N–H and O–H groups in total. The van der Waals surface area contributed by atoms with E-state index >= 15 is 0 Å². The molecule has 1 rings (SSSR count). The molecule has 6 nitrogen and oxygen atoms in total. The van der Waals surface area contributed by atoms with Crippen molar-refractivity contribution in [1.82, 2.24) is 10.6 Å². The standard InChI is InChI=1S/C18H30N2O4/c1-6-9-13-11-14(17(22)23)20-15(13)16(19-12(4)21)18(8-3,24-5)10-7-2/h6,8-9,13-16,20H,3,7,10-11H2,1-2,4-5H3,(H,19,21)(H,22,23)/b9-6-/t13-,14-,15-,16-,18-/m1/s1. The first kappa shape index (κ1) is 20.4. The minimum atomic E-state index is -0.884. The molecule has 6 heteroatoms. The Balaban J connectivity index is 3.27. The maximum Gasteiger partial charge on any atom is 0.320 e. The fraction of sp³-hybridized carbons (Fsp3) is 0.667. The fourth-order valence-corrected chi connectivity index (χ4v) is 3.63. The highest BCUT2D eigenvalue weighted by molar-refractivity contribution is 5.75. The van der Waals surface area contributed by atoms with Crippen LogP contribution in [0.2, 0.25) is 0 Å². The summed E-state index contributed by atoms with van der Waals surface area (Å²) in [5, 5.41) is 15.5. The quantitative estimate of drug-likeness (QED) is 0.559. The van der Waals surface area contributed by atoms with Crippen molar-refractivity contribution in [2.24, 2.45) is 5.92 Å². The third kappa shape index (κ3) is 4.45. The highest BCUT2D eigenvalue weighted by Gasteiger charge is 2.48. The number of ether oxygens (including phenoxy) is 1. The van der Waals surface area contributed by atoms with Gasteiger partial charge in [-0.1, -0.05) is 31.6 Å². The average Bonchev–Trinajstić information content (AvgIpc) is 2.95. The number of rotatable bonds is 9. The highest BCUT2D eigenvalue weighted by atomic mass is 16.5. The average molecular weight is 338 g/mol. The number of hydrogen-bond acceptors (Lipinski definition) is 4. The molecular weight excluding hydrogens is 308 g/mol. The summed E-state index contributed by atoms with van der Waals surface area (Å²) >= 11 is 0. The van der Waals surface area contributed by atoms with E-state index in [4.69, 9.17) is 4.74 Å². The van der Waals surface area contributed by atoms with Crippen molar-refractivity contribution in [1.29, 1.82) is 0 Å². The van der Waals surface area contributed by atoms with E-state index in [-0.39, 0.29) is 17.9 Å². The number of nitrogens with one attached hydrogen (secondary N) is 2. The van der Waals surface area contributed by atoms with Crippen LogP contribution in [0.3, 0.4) is 0 Å². The Labute approximate surface area is 144 Å². The lowest BCUT2D eigenvalue weighted by Gasteiger charge is -2.42. The van der Waals surface area contributed by atoms with Gasteiger partial charge in [0.2, 0.25) is 5.91 Å². The SMILES string of the molecule is C=C[C@](CCC)(OC)[C@H](NC(C)=O)[C@@H]1N[C@@H](C(=O)O)C[C@H]1/C=C\C.